The van der Waals surface area contributed by atoms with E-state index in [0.29, 0.717) is 22.7 Å². The molecule has 2 heterocycles. The lowest BCUT2D eigenvalue weighted by Crippen LogP contribution is -2.02. The van der Waals surface area contributed by atoms with Crippen LogP contribution >= 0.6 is 0 Å². The Hall–Kier alpha value is -2.30. The summed E-state index contributed by atoms with van der Waals surface area (Å²) in [7, 11) is 0. The van der Waals surface area contributed by atoms with Crippen molar-refractivity contribution in [2.45, 2.75) is 6.42 Å². The highest BCUT2D eigenvalue weighted by Crippen LogP contribution is 2.35. The molecule has 86 valence electrons. The van der Waals surface area contributed by atoms with Crippen molar-refractivity contribution in [1.29, 1.82) is 0 Å². The predicted molar refractivity (Wildman–Crippen MR) is 59.2 cm³/mol. The van der Waals surface area contributed by atoms with Gasteiger partial charge in [-0.1, -0.05) is 6.07 Å². The van der Waals surface area contributed by atoms with Crippen LogP contribution in [0.4, 0.5) is 0 Å². The Morgan fingerprint density at radius 3 is 2.82 bits per heavy atom. The number of fused-ring (bicyclic) bond motifs is 2. The first kappa shape index (κ1) is 9.89. The van der Waals surface area contributed by atoms with E-state index in [1.165, 1.54) is 0 Å². The van der Waals surface area contributed by atoms with Crippen molar-refractivity contribution in [3.63, 3.8) is 0 Å². The summed E-state index contributed by atoms with van der Waals surface area (Å²) >= 11 is 0. The van der Waals surface area contributed by atoms with Crippen molar-refractivity contribution in [3.05, 3.63) is 30.0 Å². The Balaban J connectivity index is 2.10. The van der Waals surface area contributed by atoms with Gasteiger partial charge in [-0.15, -0.1) is 0 Å². The van der Waals surface area contributed by atoms with Gasteiger partial charge < -0.3 is 14.6 Å². The number of pyridine rings is 1. The van der Waals surface area contributed by atoms with Crippen LogP contribution in [0.5, 0.6) is 11.5 Å². The van der Waals surface area contributed by atoms with Crippen LogP contribution in [0.25, 0.3) is 10.9 Å². The summed E-state index contributed by atoms with van der Waals surface area (Å²) in [4.78, 5) is 14.9. The van der Waals surface area contributed by atoms with Gasteiger partial charge >= 0.3 is 5.97 Å². The largest absolute Gasteiger partial charge is 0.481 e. The fraction of sp³-hybridized carbons (Fsp3) is 0.167. The van der Waals surface area contributed by atoms with Gasteiger partial charge in [0.1, 0.15) is 0 Å². The number of hydrogen-bond donors (Lipinski definition) is 1. The lowest BCUT2D eigenvalue weighted by Gasteiger charge is -2.02. The number of aromatic nitrogens is 1. The van der Waals surface area contributed by atoms with Gasteiger partial charge in [0.2, 0.25) is 6.79 Å². The molecule has 1 N–H and O–H groups in total. The molecule has 1 aromatic heterocycles. The van der Waals surface area contributed by atoms with Crippen molar-refractivity contribution in [2.24, 2.45) is 0 Å². The molecule has 0 radical (unpaired) electrons. The topological polar surface area (TPSA) is 68.7 Å². The van der Waals surface area contributed by atoms with Crippen molar-refractivity contribution in [3.8, 4) is 11.5 Å². The Morgan fingerprint density at radius 1 is 1.29 bits per heavy atom. The van der Waals surface area contributed by atoms with E-state index in [9.17, 15) is 4.79 Å². The third-order valence-corrected chi connectivity index (χ3v) is 2.57. The van der Waals surface area contributed by atoms with E-state index in [1.807, 2.05) is 12.1 Å². The van der Waals surface area contributed by atoms with Crippen LogP contribution in [-0.2, 0) is 11.2 Å². The van der Waals surface area contributed by atoms with Crippen LogP contribution in [0.3, 0.4) is 0 Å². The number of nitrogens with zero attached hydrogens (tertiary/aromatic N) is 1. The normalized spacial score (nSPS) is 12.9. The van der Waals surface area contributed by atoms with Crippen molar-refractivity contribution >= 4 is 16.9 Å². The Labute approximate surface area is 96.6 Å². The van der Waals surface area contributed by atoms with Gasteiger partial charge in [0.15, 0.2) is 11.5 Å². The first-order valence-corrected chi connectivity index (χ1v) is 5.13. The zero-order chi connectivity index (χ0) is 11.8. The molecule has 0 spiro atoms. The Bertz CT molecular complexity index is 609. The fourth-order valence-electron chi connectivity index (χ4n) is 1.81. The number of rotatable bonds is 2. The van der Waals surface area contributed by atoms with Gasteiger partial charge in [0.25, 0.3) is 0 Å². The van der Waals surface area contributed by atoms with Crippen molar-refractivity contribution in [1.82, 2.24) is 4.98 Å². The minimum atomic E-state index is -0.891. The van der Waals surface area contributed by atoms with E-state index in [4.69, 9.17) is 14.6 Å². The number of benzene rings is 1. The summed E-state index contributed by atoms with van der Waals surface area (Å²) in [5, 5.41) is 9.62. The number of aliphatic carboxylic acids is 1. The Morgan fingerprint density at radius 2 is 2.06 bits per heavy atom. The van der Waals surface area contributed by atoms with Gasteiger partial charge in [0, 0.05) is 11.5 Å². The second kappa shape index (κ2) is 3.62. The maximum atomic E-state index is 10.6. The maximum Gasteiger partial charge on any atom is 0.309 e. The molecule has 1 aromatic carbocycles. The zero-order valence-electron chi connectivity index (χ0n) is 8.84. The molecule has 0 unspecified atom stereocenters. The summed E-state index contributed by atoms with van der Waals surface area (Å²) in [6.45, 7) is 0.216. The predicted octanol–water partition coefficient (Wildman–Crippen LogP) is 1.59. The third-order valence-electron chi connectivity index (χ3n) is 2.57. The molecule has 0 fully saturated rings. The summed E-state index contributed by atoms with van der Waals surface area (Å²) in [5.74, 6) is 0.459. The average molecular weight is 231 g/mol. The molecule has 3 rings (SSSR count). The molecule has 0 saturated carbocycles. The van der Waals surface area contributed by atoms with Crippen LogP contribution in [0.2, 0.25) is 0 Å². The molecule has 0 saturated heterocycles. The summed E-state index contributed by atoms with van der Waals surface area (Å²) < 4.78 is 10.5. The minimum absolute atomic E-state index is 0.0790. The molecule has 2 aromatic rings. The van der Waals surface area contributed by atoms with E-state index >= 15 is 0 Å². The molecular weight excluding hydrogens is 222 g/mol. The molecular formula is C12H9NO4. The lowest BCUT2D eigenvalue weighted by atomic mass is 10.1. The van der Waals surface area contributed by atoms with Crippen LogP contribution in [0.15, 0.2) is 24.3 Å². The molecule has 5 heteroatoms. The fourth-order valence-corrected chi connectivity index (χ4v) is 1.81. The highest BCUT2D eigenvalue weighted by Gasteiger charge is 2.15. The SMILES string of the molecule is O=C(O)Cc1ccc2cc3c(cc2n1)OCO3. The zero-order valence-corrected chi connectivity index (χ0v) is 8.84. The minimum Gasteiger partial charge on any atom is -0.481 e. The van der Waals surface area contributed by atoms with E-state index in [2.05, 4.69) is 4.98 Å². The third kappa shape index (κ3) is 1.75. The second-order valence-corrected chi connectivity index (χ2v) is 3.77. The number of carboxylic acid groups (broad SMARTS) is 1. The van der Waals surface area contributed by atoms with E-state index in [-0.39, 0.29) is 13.2 Å². The van der Waals surface area contributed by atoms with E-state index in [0.717, 1.165) is 5.39 Å². The first-order valence-electron chi connectivity index (χ1n) is 5.13. The molecule has 0 bridgehead atoms. The standard InChI is InChI=1S/C12H9NO4/c14-12(15)4-8-2-1-7-3-10-11(17-6-16-10)5-9(7)13-8/h1-3,5H,4,6H2,(H,14,15). The molecule has 5 nitrogen and oxygen atoms in total. The molecule has 0 atom stereocenters. The molecule has 0 aliphatic carbocycles. The van der Waals surface area contributed by atoms with E-state index < -0.39 is 5.97 Å². The number of carboxylic acids is 1. The van der Waals surface area contributed by atoms with Gasteiger partial charge in [0.05, 0.1) is 17.6 Å². The molecule has 0 amide bonds. The van der Waals surface area contributed by atoms with Gasteiger partial charge in [-0.3, -0.25) is 9.78 Å². The summed E-state index contributed by atoms with van der Waals surface area (Å²) in [6, 6.07) is 7.15. The maximum absolute atomic E-state index is 10.6. The molecule has 1 aliphatic rings. The Kier molecular flexibility index (Phi) is 2.11. The number of hydrogen-bond acceptors (Lipinski definition) is 4. The quantitative estimate of drug-likeness (QED) is 0.849. The summed E-state index contributed by atoms with van der Waals surface area (Å²) in [6.07, 6.45) is -0.0790. The second-order valence-electron chi connectivity index (χ2n) is 3.77. The van der Waals surface area contributed by atoms with Gasteiger partial charge in [-0.25, -0.2) is 0 Å². The van der Waals surface area contributed by atoms with E-state index in [1.54, 1.807) is 12.1 Å². The van der Waals surface area contributed by atoms with Crippen LogP contribution in [0, 0.1) is 0 Å². The summed E-state index contributed by atoms with van der Waals surface area (Å²) in [5.41, 5.74) is 1.25. The molecule has 17 heavy (non-hydrogen) atoms. The average Bonchev–Trinajstić information content (AvgIpc) is 2.72. The van der Waals surface area contributed by atoms with Crippen LogP contribution in [0.1, 0.15) is 5.69 Å². The highest BCUT2D eigenvalue weighted by atomic mass is 16.7. The van der Waals surface area contributed by atoms with Gasteiger partial charge in [-0.2, -0.15) is 0 Å². The lowest BCUT2D eigenvalue weighted by molar-refractivity contribution is -0.136. The van der Waals surface area contributed by atoms with Crippen molar-refractivity contribution in [2.75, 3.05) is 6.79 Å². The first-order chi connectivity index (χ1) is 8.22. The highest BCUT2D eigenvalue weighted by molar-refractivity contribution is 5.83. The number of carbonyl (C=O) groups is 1. The monoisotopic (exact) mass is 231 g/mol. The van der Waals surface area contributed by atoms with Crippen LogP contribution in [-0.4, -0.2) is 22.9 Å². The van der Waals surface area contributed by atoms with Crippen LogP contribution < -0.4 is 9.47 Å². The smallest absolute Gasteiger partial charge is 0.309 e. The van der Waals surface area contributed by atoms with Crippen molar-refractivity contribution < 1.29 is 19.4 Å². The number of ether oxygens (including phenoxy) is 2. The van der Waals surface area contributed by atoms with Gasteiger partial charge in [-0.05, 0) is 12.1 Å². The molecule has 1 aliphatic heterocycles.